The number of hydrogen-bond donors (Lipinski definition) is 1. The second-order valence-corrected chi connectivity index (χ2v) is 6.35. The van der Waals surface area contributed by atoms with Gasteiger partial charge in [-0.15, -0.1) is 0 Å². The highest BCUT2D eigenvalue weighted by Crippen LogP contribution is 2.41. The molecule has 2 atom stereocenters. The number of hydrogen-bond acceptors (Lipinski definition) is 2. The summed E-state index contributed by atoms with van der Waals surface area (Å²) in [5.41, 5.74) is 5.78. The minimum atomic E-state index is -0.0856. The molecule has 2 fully saturated rings. The minimum Gasteiger partial charge on any atom is -0.339 e. The molecule has 0 aromatic rings. The molecule has 0 heterocycles. The maximum atomic E-state index is 12.8. The van der Waals surface area contributed by atoms with Crippen molar-refractivity contribution in [1.29, 1.82) is 0 Å². The first-order valence-electron chi connectivity index (χ1n) is 7.63. The van der Waals surface area contributed by atoms with Gasteiger partial charge in [-0.2, -0.15) is 0 Å². The third kappa shape index (κ3) is 2.42. The lowest BCUT2D eigenvalue weighted by Crippen LogP contribution is -2.49. The second kappa shape index (κ2) is 5.60. The van der Waals surface area contributed by atoms with Crippen molar-refractivity contribution >= 4 is 5.91 Å². The minimum absolute atomic E-state index is 0.0856. The predicted octanol–water partition coefficient (Wildman–Crippen LogP) is 2.54. The highest BCUT2D eigenvalue weighted by atomic mass is 16.2. The predicted molar refractivity (Wildman–Crippen MR) is 74.1 cm³/mol. The highest BCUT2D eigenvalue weighted by Gasteiger charge is 2.42. The van der Waals surface area contributed by atoms with Crippen molar-refractivity contribution in [3.8, 4) is 0 Å². The Labute approximate surface area is 111 Å². The van der Waals surface area contributed by atoms with E-state index >= 15 is 0 Å². The van der Waals surface area contributed by atoms with E-state index in [0.29, 0.717) is 17.9 Å². The largest absolute Gasteiger partial charge is 0.339 e. The molecule has 2 aliphatic rings. The van der Waals surface area contributed by atoms with Crippen LogP contribution in [0.3, 0.4) is 0 Å². The molecule has 3 nitrogen and oxygen atoms in total. The summed E-state index contributed by atoms with van der Waals surface area (Å²) in [6, 6.07) is 0.407. The molecule has 2 aliphatic carbocycles. The molecule has 2 N–H and O–H groups in total. The number of nitrogens with two attached hydrogens (primary N) is 1. The first kappa shape index (κ1) is 13.9. The standard InChI is InChI=1S/C15H28N2O/c1-3-17(13-8-6-7-12(13)11-16)14(18)15(2)9-4-5-10-15/h12-13H,3-11,16H2,1-2H3. The van der Waals surface area contributed by atoms with E-state index in [-0.39, 0.29) is 5.41 Å². The molecule has 104 valence electrons. The second-order valence-electron chi connectivity index (χ2n) is 6.35. The van der Waals surface area contributed by atoms with Gasteiger partial charge in [-0.1, -0.05) is 26.2 Å². The summed E-state index contributed by atoms with van der Waals surface area (Å²) in [6.45, 7) is 5.85. The average Bonchev–Trinajstić information content (AvgIpc) is 2.99. The maximum Gasteiger partial charge on any atom is 0.228 e. The van der Waals surface area contributed by atoms with Crippen LogP contribution in [0.25, 0.3) is 0 Å². The Morgan fingerprint density at radius 1 is 1.28 bits per heavy atom. The summed E-state index contributed by atoms with van der Waals surface area (Å²) in [4.78, 5) is 15.0. The van der Waals surface area contributed by atoms with Gasteiger partial charge in [-0.05, 0) is 45.1 Å². The lowest BCUT2D eigenvalue weighted by molar-refractivity contribution is -0.144. The Morgan fingerprint density at radius 2 is 1.94 bits per heavy atom. The zero-order chi connectivity index (χ0) is 13.2. The molecule has 0 spiro atoms. The number of rotatable bonds is 4. The van der Waals surface area contributed by atoms with Crippen LogP contribution in [0, 0.1) is 11.3 Å². The lowest BCUT2D eigenvalue weighted by Gasteiger charge is -2.37. The van der Waals surface area contributed by atoms with E-state index < -0.39 is 0 Å². The zero-order valence-electron chi connectivity index (χ0n) is 12.0. The fourth-order valence-corrected chi connectivity index (χ4v) is 3.95. The Kier molecular flexibility index (Phi) is 4.31. The number of carbonyl (C=O) groups is 1. The molecule has 3 heteroatoms. The lowest BCUT2D eigenvalue weighted by atomic mass is 9.86. The normalized spacial score (nSPS) is 30.6. The maximum absolute atomic E-state index is 12.8. The molecule has 18 heavy (non-hydrogen) atoms. The van der Waals surface area contributed by atoms with Crippen LogP contribution in [0.4, 0.5) is 0 Å². The number of amides is 1. The van der Waals surface area contributed by atoms with Crippen molar-refractivity contribution in [1.82, 2.24) is 4.90 Å². The van der Waals surface area contributed by atoms with Crippen molar-refractivity contribution < 1.29 is 4.79 Å². The van der Waals surface area contributed by atoms with Gasteiger partial charge in [-0.25, -0.2) is 0 Å². The van der Waals surface area contributed by atoms with Crippen molar-refractivity contribution in [2.75, 3.05) is 13.1 Å². The van der Waals surface area contributed by atoms with Gasteiger partial charge in [0.25, 0.3) is 0 Å². The summed E-state index contributed by atoms with van der Waals surface area (Å²) in [5.74, 6) is 0.923. The number of carbonyl (C=O) groups excluding carboxylic acids is 1. The average molecular weight is 252 g/mol. The van der Waals surface area contributed by atoms with Gasteiger partial charge < -0.3 is 10.6 Å². The van der Waals surface area contributed by atoms with Crippen LogP contribution in [0.5, 0.6) is 0 Å². The van der Waals surface area contributed by atoms with E-state index in [1.165, 1.54) is 25.7 Å². The van der Waals surface area contributed by atoms with E-state index in [9.17, 15) is 4.79 Å². The summed E-state index contributed by atoms with van der Waals surface area (Å²) < 4.78 is 0. The molecule has 0 saturated heterocycles. The van der Waals surface area contributed by atoms with Crippen molar-refractivity contribution in [3.63, 3.8) is 0 Å². The highest BCUT2D eigenvalue weighted by molar-refractivity contribution is 5.83. The molecular weight excluding hydrogens is 224 g/mol. The van der Waals surface area contributed by atoms with Crippen LogP contribution in [0.2, 0.25) is 0 Å². The molecule has 2 unspecified atom stereocenters. The first-order valence-corrected chi connectivity index (χ1v) is 7.63. The van der Waals surface area contributed by atoms with Gasteiger partial charge in [0, 0.05) is 18.0 Å². The van der Waals surface area contributed by atoms with E-state index in [2.05, 4.69) is 18.7 Å². The van der Waals surface area contributed by atoms with Crippen molar-refractivity contribution in [2.45, 2.75) is 64.8 Å². The van der Waals surface area contributed by atoms with Crippen LogP contribution in [-0.4, -0.2) is 29.9 Å². The van der Waals surface area contributed by atoms with E-state index in [1.807, 2.05) is 0 Å². The van der Waals surface area contributed by atoms with Crippen LogP contribution in [-0.2, 0) is 4.79 Å². The molecule has 0 aliphatic heterocycles. The topological polar surface area (TPSA) is 46.3 Å². The molecule has 2 saturated carbocycles. The summed E-state index contributed by atoms with van der Waals surface area (Å²) in [6.07, 6.45) is 8.15. The molecule has 2 rings (SSSR count). The number of nitrogens with zero attached hydrogens (tertiary/aromatic N) is 1. The van der Waals surface area contributed by atoms with Crippen LogP contribution in [0.15, 0.2) is 0 Å². The van der Waals surface area contributed by atoms with Gasteiger partial charge >= 0.3 is 0 Å². The first-order chi connectivity index (χ1) is 8.62. The van der Waals surface area contributed by atoms with Crippen molar-refractivity contribution in [2.24, 2.45) is 17.1 Å². The fourth-order valence-electron chi connectivity index (χ4n) is 3.95. The zero-order valence-corrected chi connectivity index (χ0v) is 12.0. The molecule has 0 aromatic heterocycles. The smallest absolute Gasteiger partial charge is 0.228 e. The van der Waals surface area contributed by atoms with Crippen LogP contribution in [0.1, 0.15) is 58.8 Å². The quantitative estimate of drug-likeness (QED) is 0.835. The van der Waals surface area contributed by atoms with Gasteiger partial charge in [0.2, 0.25) is 5.91 Å². The summed E-state index contributed by atoms with van der Waals surface area (Å²) >= 11 is 0. The van der Waals surface area contributed by atoms with Crippen LogP contribution >= 0.6 is 0 Å². The third-order valence-corrected chi connectivity index (χ3v) is 5.15. The molecular formula is C15H28N2O. The third-order valence-electron chi connectivity index (χ3n) is 5.15. The molecule has 0 radical (unpaired) electrons. The molecule has 0 aromatic carbocycles. The summed E-state index contributed by atoms with van der Waals surface area (Å²) in [7, 11) is 0. The van der Waals surface area contributed by atoms with E-state index in [0.717, 1.165) is 32.4 Å². The van der Waals surface area contributed by atoms with Crippen molar-refractivity contribution in [3.05, 3.63) is 0 Å². The Balaban J connectivity index is 2.10. The van der Waals surface area contributed by atoms with E-state index in [1.54, 1.807) is 0 Å². The summed E-state index contributed by atoms with van der Waals surface area (Å²) in [5, 5.41) is 0. The van der Waals surface area contributed by atoms with Gasteiger partial charge in [0.05, 0.1) is 0 Å². The fraction of sp³-hybridized carbons (Fsp3) is 0.933. The van der Waals surface area contributed by atoms with Gasteiger partial charge in [-0.3, -0.25) is 4.79 Å². The van der Waals surface area contributed by atoms with E-state index in [4.69, 9.17) is 5.73 Å². The SMILES string of the molecule is CCN(C(=O)C1(C)CCCC1)C1CCCC1CN. The van der Waals surface area contributed by atoms with Gasteiger partial charge in [0.1, 0.15) is 0 Å². The monoisotopic (exact) mass is 252 g/mol. The Morgan fingerprint density at radius 3 is 2.50 bits per heavy atom. The molecule has 0 bridgehead atoms. The van der Waals surface area contributed by atoms with Gasteiger partial charge in [0.15, 0.2) is 0 Å². The molecule has 1 amide bonds. The Bertz CT molecular complexity index is 297. The Hall–Kier alpha value is -0.570. The van der Waals surface area contributed by atoms with Crippen LogP contribution < -0.4 is 5.73 Å².